The molecule has 0 saturated carbocycles. The molecular formula is C24H18O12Ru2. The van der Waals surface area contributed by atoms with Gasteiger partial charge < -0.3 is 30.6 Å². The van der Waals surface area contributed by atoms with Crippen LogP contribution in [0.2, 0.25) is 0 Å². The smallest absolute Gasteiger partial charge is 0.335 e. The van der Waals surface area contributed by atoms with Crippen molar-refractivity contribution in [3.63, 3.8) is 0 Å². The molecule has 0 aliphatic carbocycles. The van der Waals surface area contributed by atoms with E-state index in [0.717, 1.165) is 0 Å². The van der Waals surface area contributed by atoms with Crippen LogP contribution in [-0.2, 0) is 39.0 Å². The van der Waals surface area contributed by atoms with Crippen molar-refractivity contribution in [2.75, 3.05) is 0 Å². The summed E-state index contributed by atoms with van der Waals surface area (Å²) in [5, 5.41) is 50.8. The van der Waals surface area contributed by atoms with Crippen molar-refractivity contribution in [2.45, 2.75) is 0 Å². The molecule has 0 spiro atoms. The van der Waals surface area contributed by atoms with Crippen LogP contribution in [0.5, 0.6) is 0 Å². The molecule has 38 heavy (non-hydrogen) atoms. The van der Waals surface area contributed by atoms with E-state index in [2.05, 4.69) is 0 Å². The van der Waals surface area contributed by atoms with Gasteiger partial charge in [0.2, 0.25) is 0 Å². The van der Waals surface area contributed by atoms with Crippen molar-refractivity contribution in [1.82, 2.24) is 0 Å². The third-order valence-electron chi connectivity index (χ3n) is 4.14. The van der Waals surface area contributed by atoms with E-state index in [-0.39, 0.29) is 72.3 Å². The molecule has 0 aromatic heterocycles. The standard InChI is InChI=1S/3C8H6O4.2Ru/c3*9-7(10)5-1-2-6(4-3-5)8(11)12;;/h3*1-4H,(H,9,10)(H,11,12);;. The zero-order valence-corrected chi connectivity index (χ0v) is 22.2. The first-order chi connectivity index (χ1) is 16.8. The Morgan fingerprint density at radius 1 is 0.289 bits per heavy atom. The predicted octanol–water partition coefficient (Wildman–Crippen LogP) is 3.24. The summed E-state index contributed by atoms with van der Waals surface area (Å²) in [6.45, 7) is 0. The fraction of sp³-hybridized carbons (Fsp3) is 0. The van der Waals surface area contributed by atoms with Crippen LogP contribution in [-0.4, -0.2) is 66.5 Å². The number of rotatable bonds is 6. The third-order valence-corrected chi connectivity index (χ3v) is 4.14. The van der Waals surface area contributed by atoms with Crippen LogP contribution in [0, 0.1) is 0 Å². The van der Waals surface area contributed by atoms with Crippen LogP contribution in [0.4, 0.5) is 0 Å². The van der Waals surface area contributed by atoms with E-state index in [9.17, 15) is 28.8 Å². The van der Waals surface area contributed by atoms with Crippen LogP contribution < -0.4 is 0 Å². The molecule has 0 atom stereocenters. The molecule has 202 valence electrons. The summed E-state index contributed by atoms with van der Waals surface area (Å²) < 4.78 is 0. The molecule has 0 fully saturated rings. The molecule has 3 aromatic rings. The Balaban J connectivity index is 0. The summed E-state index contributed by atoms with van der Waals surface area (Å²) in [4.78, 5) is 62.0. The van der Waals surface area contributed by atoms with Gasteiger partial charge in [-0.15, -0.1) is 0 Å². The molecule has 0 amide bonds. The largest absolute Gasteiger partial charge is 0.478 e. The van der Waals surface area contributed by atoms with Gasteiger partial charge in [0.15, 0.2) is 0 Å². The maximum Gasteiger partial charge on any atom is 0.335 e. The van der Waals surface area contributed by atoms with E-state index in [1.54, 1.807) is 0 Å². The molecule has 0 aliphatic rings. The van der Waals surface area contributed by atoms with Gasteiger partial charge in [-0.2, -0.15) is 0 Å². The van der Waals surface area contributed by atoms with Gasteiger partial charge in [-0.25, -0.2) is 28.8 Å². The number of benzene rings is 3. The van der Waals surface area contributed by atoms with Gasteiger partial charge in [-0.05, 0) is 72.8 Å². The molecular weight excluding hydrogens is 682 g/mol. The zero-order chi connectivity index (χ0) is 27.4. The summed E-state index contributed by atoms with van der Waals surface area (Å²) in [6.07, 6.45) is 0. The normalized spacial score (nSPS) is 8.84. The second-order valence-corrected chi connectivity index (χ2v) is 6.56. The van der Waals surface area contributed by atoms with Crippen LogP contribution in [0.3, 0.4) is 0 Å². The molecule has 0 aliphatic heterocycles. The quantitative estimate of drug-likeness (QED) is 0.204. The SMILES string of the molecule is O=C(O)c1ccc(C(=O)O)cc1.O=C(O)c1ccc(C(=O)O)cc1.O=C(O)c1ccc(C(=O)O)cc1.[Ru].[Ru]. The van der Waals surface area contributed by atoms with E-state index in [4.69, 9.17) is 30.6 Å². The van der Waals surface area contributed by atoms with Gasteiger partial charge in [-0.3, -0.25) is 0 Å². The second-order valence-electron chi connectivity index (χ2n) is 6.56. The predicted molar refractivity (Wildman–Crippen MR) is 121 cm³/mol. The molecule has 14 heteroatoms. The summed E-state index contributed by atoms with van der Waals surface area (Å²) in [5.41, 5.74) is 0.500. The van der Waals surface area contributed by atoms with Crippen molar-refractivity contribution in [3.8, 4) is 0 Å². The Morgan fingerprint density at radius 3 is 0.421 bits per heavy atom. The molecule has 0 unspecified atom stereocenters. The van der Waals surface area contributed by atoms with Crippen LogP contribution in [0.1, 0.15) is 62.1 Å². The molecule has 3 aromatic carbocycles. The Labute approximate surface area is 239 Å². The number of hydrogen-bond acceptors (Lipinski definition) is 6. The number of carboxylic acids is 6. The molecule has 0 bridgehead atoms. The van der Waals surface area contributed by atoms with Crippen LogP contribution in [0.25, 0.3) is 0 Å². The van der Waals surface area contributed by atoms with Gasteiger partial charge in [0.25, 0.3) is 0 Å². The van der Waals surface area contributed by atoms with Gasteiger partial charge >= 0.3 is 35.8 Å². The average Bonchev–Trinajstić information content (AvgIpc) is 2.84. The third kappa shape index (κ3) is 12.1. The first-order valence-electron chi connectivity index (χ1n) is 9.53. The Morgan fingerprint density at radius 2 is 0.368 bits per heavy atom. The summed E-state index contributed by atoms with van der Waals surface area (Å²) in [5.74, 6) is -6.38. The topological polar surface area (TPSA) is 224 Å². The van der Waals surface area contributed by atoms with Crippen molar-refractivity contribution < 1.29 is 98.4 Å². The molecule has 6 N–H and O–H groups in total. The summed E-state index contributed by atoms with van der Waals surface area (Å²) >= 11 is 0. The summed E-state index contributed by atoms with van der Waals surface area (Å²) in [6, 6.07) is 15.1. The number of aromatic carboxylic acids is 6. The van der Waals surface area contributed by atoms with Crippen LogP contribution >= 0.6 is 0 Å². The van der Waals surface area contributed by atoms with Gasteiger partial charge in [-0.1, -0.05) is 0 Å². The Hall–Kier alpha value is -4.27. The monoisotopic (exact) mass is 702 g/mol. The fourth-order valence-corrected chi connectivity index (χ4v) is 2.27. The molecule has 0 radical (unpaired) electrons. The molecule has 0 saturated heterocycles. The number of carboxylic acid groups (broad SMARTS) is 6. The second kappa shape index (κ2) is 17.2. The van der Waals surface area contributed by atoms with Crippen LogP contribution in [0.15, 0.2) is 72.8 Å². The van der Waals surface area contributed by atoms with E-state index in [1.165, 1.54) is 72.8 Å². The van der Waals surface area contributed by atoms with E-state index in [0.29, 0.717) is 0 Å². The van der Waals surface area contributed by atoms with E-state index >= 15 is 0 Å². The Kier molecular flexibility index (Phi) is 16.3. The molecule has 3 rings (SSSR count). The molecule has 0 heterocycles. The first kappa shape index (κ1) is 35.9. The molecule has 12 nitrogen and oxygen atoms in total. The fourth-order valence-electron chi connectivity index (χ4n) is 2.27. The minimum Gasteiger partial charge on any atom is -0.478 e. The van der Waals surface area contributed by atoms with Gasteiger partial charge in [0, 0.05) is 39.0 Å². The summed E-state index contributed by atoms with van der Waals surface area (Å²) in [7, 11) is 0. The van der Waals surface area contributed by atoms with Crippen molar-refractivity contribution in [2.24, 2.45) is 0 Å². The minimum absolute atomic E-state index is 0. The van der Waals surface area contributed by atoms with Crippen molar-refractivity contribution in [3.05, 3.63) is 106 Å². The van der Waals surface area contributed by atoms with Gasteiger partial charge in [0.1, 0.15) is 0 Å². The number of carbonyl (C=O) groups is 6. The Bertz CT molecular complexity index is 1010. The maximum absolute atomic E-state index is 10.3. The van der Waals surface area contributed by atoms with Crippen molar-refractivity contribution in [1.29, 1.82) is 0 Å². The zero-order valence-electron chi connectivity index (χ0n) is 18.8. The van der Waals surface area contributed by atoms with E-state index < -0.39 is 35.8 Å². The number of hydrogen-bond donors (Lipinski definition) is 6. The minimum atomic E-state index is -1.06. The van der Waals surface area contributed by atoms with Gasteiger partial charge in [0.05, 0.1) is 33.4 Å². The average molecular weight is 701 g/mol. The first-order valence-corrected chi connectivity index (χ1v) is 9.53. The van der Waals surface area contributed by atoms with E-state index in [1.807, 2.05) is 0 Å². The van der Waals surface area contributed by atoms with Crippen molar-refractivity contribution >= 4 is 35.8 Å². The maximum atomic E-state index is 10.3.